The number of carbonyl (C=O) groups is 2. The molecule has 2 rings (SSSR count). The third-order valence-electron chi connectivity index (χ3n) is 3.01. The third kappa shape index (κ3) is 2.82. The van der Waals surface area contributed by atoms with Gasteiger partial charge in [0.05, 0.1) is 12.7 Å². The van der Waals surface area contributed by atoms with E-state index in [-0.39, 0.29) is 5.91 Å². The molecule has 2 aromatic rings. The van der Waals surface area contributed by atoms with Crippen molar-refractivity contribution in [2.45, 2.75) is 13.0 Å². The third-order valence-corrected chi connectivity index (χ3v) is 3.86. The lowest BCUT2D eigenvalue weighted by atomic mass is 10.1. The van der Waals surface area contributed by atoms with Crippen molar-refractivity contribution in [2.75, 3.05) is 7.11 Å². The minimum absolute atomic E-state index is 0.319. The summed E-state index contributed by atoms with van der Waals surface area (Å²) in [6.45, 7) is 1.58. The zero-order valence-electron chi connectivity index (χ0n) is 11.1. The number of amides is 1. The summed E-state index contributed by atoms with van der Waals surface area (Å²) in [5, 5.41) is 4.60. The van der Waals surface area contributed by atoms with Crippen LogP contribution in [0.1, 0.15) is 17.3 Å². The smallest absolute Gasteiger partial charge is 0.328 e. The second-order valence-electron chi connectivity index (χ2n) is 4.37. The molecular formula is C15H14BrNO3. The quantitative estimate of drug-likeness (QED) is 0.877. The molecule has 0 aliphatic heterocycles. The van der Waals surface area contributed by atoms with Gasteiger partial charge >= 0.3 is 5.97 Å². The lowest BCUT2D eigenvalue weighted by Crippen LogP contribution is -2.39. The summed E-state index contributed by atoms with van der Waals surface area (Å²) in [7, 11) is 1.29. The number of rotatable bonds is 3. The van der Waals surface area contributed by atoms with Gasteiger partial charge < -0.3 is 10.1 Å². The normalized spacial score (nSPS) is 11.9. The number of hydrogen-bond donors (Lipinski definition) is 1. The monoisotopic (exact) mass is 335 g/mol. The van der Waals surface area contributed by atoms with Crippen LogP contribution in [-0.4, -0.2) is 25.0 Å². The summed E-state index contributed by atoms with van der Waals surface area (Å²) in [4.78, 5) is 23.5. The van der Waals surface area contributed by atoms with Crippen LogP contribution in [0.4, 0.5) is 0 Å². The van der Waals surface area contributed by atoms with Gasteiger partial charge in [-0.25, -0.2) is 4.79 Å². The van der Waals surface area contributed by atoms with Gasteiger partial charge in [0, 0.05) is 4.47 Å². The van der Waals surface area contributed by atoms with Gasteiger partial charge in [-0.3, -0.25) is 4.79 Å². The first-order chi connectivity index (χ1) is 9.54. The van der Waals surface area contributed by atoms with E-state index in [0.29, 0.717) is 10.0 Å². The minimum atomic E-state index is -0.689. The van der Waals surface area contributed by atoms with Crippen LogP contribution < -0.4 is 5.32 Å². The number of carbonyl (C=O) groups excluding carboxylic acids is 2. The topological polar surface area (TPSA) is 55.4 Å². The standard InChI is InChI=1S/C15H14BrNO3/c1-9(15(19)20-2)17-14(18)12-8-7-10-5-3-4-6-11(10)13(12)16/h3-9H,1-2H3,(H,17,18)/t9-/m0/s1. The van der Waals surface area contributed by atoms with Gasteiger partial charge in [-0.15, -0.1) is 0 Å². The summed E-state index contributed by atoms with van der Waals surface area (Å²) in [5.41, 5.74) is 0.486. The van der Waals surface area contributed by atoms with Crippen molar-refractivity contribution in [3.05, 3.63) is 46.4 Å². The molecule has 0 aliphatic rings. The van der Waals surface area contributed by atoms with Crippen LogP contribution in [0.3, 0.4) is 0 Å². The molecule has 5 heteroatoms. The molecule has 4 nitrogen and oxygen atoms in total. The Bertz CT molecular complexity index is 669. The van der Waals surface area contributed by atoms with Crippen LogP contribution >= 0.6 is 15.9 Å². The van der Waals surface area contributed by atoms with Crippen molar-refractivity contribution < 1.29 is 14.3 Å². The number of nitrogens with one attached hydrogen (secondary N) is 1. The van der Waals surface area contributed by atoms with Gasteiger partial charge in [-0.2, -0.15) is 0 Å². The van der Waals surface area contributed by atoms with Gasteiger partial charge in [-0.05, 0) is 39.7 Å². The number of ether oxygens (including phenoxy) is 1. The molecule has 1 atom stereocenters. The van der Waals surface area contributed by atoms with E-state index in [1.54, 1.807) is 13.0 Å². The Kier molecular flexibility index (Phi) is 4.39. The molecule has 1 amide bonds. The zero-order valence-corrected chi connectivity index (χ0v) is 12.7. The zero-order chi connectivity index (χ0) is 14.7. The maximum Gasteiger partial charge on any atom is 0.328 e. The Balaban J connectivity index is 2.31. The van der Waals surface area contributed by atoms with Crippen LogP contribution in [0.2, 0.25) is 0 Å². The summed E-state index contributed by atoms with van der Waals surface area (Å²) in [6, 6.07) is 10.7. The molecule has 0 aliphatic carbocycles. The van der Waals surface area contributed by atoms with Gasteiger partial charge in [0.2, 0.25) is 0 Å². The first-order valence-electron chi connectivity index (χ1n) is 6.10. The Morgan fingerprint density at radius 2 is 1.90 bits per heavy atom. The fraction of sp³-hybridized carbons (Fsp3) is 0.200. The predicted octanol–water partition coefficient (Wildman–Crippen LogP) is 2.89. The van der Waals surface area contributed by atoms with Crippen molar-refractivity contribution in [3.63, 3.8) is 0 Å². The van der Waals surface area contributed by atoms with Gasteiger partial charge in [0.1, 0.15) is 6.04 Å². The summed E-state index contributed by atoms with van der Waals surface area (Å²) in [6.07, 6.45) is 0. The molecule has 0 radical (unpaired) electrons. The van der Waals surface area contributed by atoms with E-state index >= 15 is 0 Å². The van der Waals surface area contributed by atoms with E-state index < -0.39 is 12.0 Å². The molecule has 0 unspecified atom stereocenters. The number of halogens is 1. The number of hydrogen-bond acceptors (Lipinski definition) is 3. The van der Waals surface area contributed by atoms with Gasteiger partial charge in [0.15, 0.2) is 0 Å². The van der Waals surface area contributed by atoms with Crippen LogP contribution in [0, 0.1) is 0 Å². The number of esters is 1. The molecule has 0 bridgehead atoms. The van der Waals surface area contributed by atoms with Gasteiger partial charge in [-0.1, -0.05) is 30.3 Å². The second-order valence-corrected chi connectivity index (χ2v) is 5.16. The highest BCUT2D eigenvalue weighted by Crippen LogP contribution is 2.27. The maximum absolute atomic E-state index is 12.2. The summed E-state index contributed by atoms with van der Waals surface area (Å²) < 4.78 is 5.30. The van der Waals surface area contributed by atoms with Crippen molar-refractivity contribution >= 4 is 38.6 Å². The molecule has 20 heavy (non-hydrogen) atoms. The number of fused-ring (bicyclic) bond motifs is 1. The first-order valence-corrected chi connectivity index (χ1v) is 6.90. The molecule has 1 N–H and O–H groups in total. The second kappa shape index (κ2) is 6.05. The first kappa shape index (κ1) is 14.5. The molecule has 0 saturated carbocycles. The molecule has 0 saturated heterocycles. The fourth-order valence-electron chi connectivity index (χ4n) is 1.92. The maximum atomic E-state index is 12.2. The van der Waals surface area contributed by atoms with E-state index in [0.717, 1.165) is 10.8 Å². The fourth-order valence-corrected chi connectivity index (χ4v) is 2.59. The average molecular weight is 336 g/mol. The minimum Gasteiger partial charge on any atom is -0.467 e. The van der Waals surface area contributed by atoms with E-state index in [1.165, 1.54) is 7.11 Å². The van der Waals surface area contributed by atoms with Crippen LogP contribution in [0.15, 0.2) is 40.9 Å². The molecular weight excluding hydrogens is 322 g/mol. The van der Waals surface area contributed by atoms with E-state index in [9.17, 15) is 9.59 Å². The predicted molar refractivity (Wildman–Crippen MR) is 80.6 cm³/mol. The molecule has 0 aromatic heterocycles. The summed E-state index contributed by atoms with van der Waals surface area (Å²) in [5.74, 6) is -0.796. The molecule has 0 fully saturated rings. The molecule has 104 valence electrons. The lowest BCUT2D eigenvalue weighted by Gasteiger charge is -2.13. The Hall–Kier alpha value is -1.88. The van der Waals surface area contributed by atoms with Crippen molar-refractivity contribution in [1.29, 1.82) is 0 Å². The van der Waals surface area contributed by atoms with Crippen LogP contribution in [0.25, 0.3) is 10.8 Å². The lowest BCUT2D eigenvalue weighted by molar-refractivity contribution is -0.142. The number of methoxy groups -OCH3 is 1. The highest BCUT2D eigenvalue weighted by molar-refractivity contribution is 9.10. The van der Waals surface area contributed by atoms with Crippen LogP contribution in [-0.2, 0) is 9.53 Å². The Morgan fingerprint density at radius 3 is 2.60 bits per heavy atom. The van der Waals surface area contributed by atoms with Crippen molar-refractivity contribution in [3.8, 4) is 0 Å². The van der Waals surface area contributed by atoms with Crippen molar-refractivity contribution in [1.82, 2.24) is 5.32 Å². The summed E-state index contributed by atoms with van der Waals surface area (Å²) >= 11 is 3.45. The SMILES string of the molecule is COC(=O)[C@H](C)NC(=O)c1ccc2ccccc2c1Br. The van der Waals surface area contributed by atoms with Gasteiger partial charge in [0.25, 0.3) is 5.91 Å². The van der Waals surface area contributed by atoms with Crippen LogP contribution in [0.5, 0.6) is 0 Å². The highest BCUT2D eigenvalue weighted by Gasteiger charge is 2.19. The Morgan fingerprint density at radius 1 is 1.20 bits per heavy atom. The average Bonchev–Trinajstić information content (AvgIpc) is 2.46. The van der Waals surface area contributed by atoms with E-state index in [4.69, 9.17) is 0 Å². The van der Waals surface area contributed by atoms with E-state index in [2.05, 4.69) is 26.0 Å². The Labute approximate surface area is 125 Å². The van der Waals surface area contributed by atoms with E-state index in [1.807, 2.05) is 30.3 Å². The molecule has 2 aromatic carbocycles. The molecule has 0 heterocycles. The number of benzene rings is 2. The van der Waals surface area contributed by atoms with Crippen molar-refractivity contribution in [2.24, 2.45) is 0 Å². The molecule has 0 spiro atoms. The largest absolute Gasteiger partial charge is 0.467 e. The highest BCUT2D eigenvalue weighted by atomic mass is 79.9.